The first kappa shape index (κ1) is 27.6. The lowest BCUT2D eigenvalue weighted by molar-refractivity contribution is -0.181. The highest BCUT2D eigenvalue weighted by Gasteiger charge is 2.41. The van der Waals surface area contributed by atoms with Gasteiger partial charge >= 0.3 is 0 Å². The molecular formula is C28H34ClN9O3. The van der Waals surface area contributed by atoms with Gasteiger partial charge in [0.1, 0.15) is 18.2 Å². The molecule has 1 atom stereocenters. The van der Waals surface area contributed by atoms with Gasteiger partial charge in [0.15, 0.2) is 5.79 Å². The van der Waals surface area contributed by atoms with Crippen LogP contribution in [0.4, 0.5) is 11.6 Å². The zero-order valence-corrected chi connectivity index (χ0v) is 24.2. The van der Waals surface area contributed by atoms with Crippen molar-refractivity contribution in [2.75, 3.05) is 18.5 Å². The van der Waals surface area contributed by atoms with Crippen LogP contribution in [0, 0.1) is 0 Å². The number of hydrogen-bond acceptors (Lipinski definition) is 10. The molecule has 1 saturated carbocycles. The summed E-state index contributed by atoms with van der Waals surface area (Å²) in [6.45, 7) is 8.09. The minimum Gasteiger partial charge on any atom is -0.487 e. The van der Waals surface area contributed by atoms with E-state index >= 15 is 0 Å². The van der Waals surface area contributed by atoms with Gasteiger partial charge in [-0.3, -0.25) is 4.68 Å². The second kappa shape index (κ2) is 11.7. The van der Waals surface area contributed by atoms with Gasteiger partial charge in [-0.05, 0) is 53.8 Å². The number of nitrogens with zero attached hydrogens (tertiary/aromatic N) is 8. The van der Waals surface area contributed by atoms with Crippen molar-refractivity contribution in [1.29, 1.82) is 0 Å². The van der Waals surface area contributed by atoms with Crippen LogP contribution in [0.25, 0.3) is 11.1 Å². The Labute approximate surface area is 243 Å². The predicted molar refractivity (Wildman–Crippen MR) is 152 cm³/mol. The van der Waals surface area contributed by atoms with Crippen molar-refractivity contribution in [3.8, 4) is 16.9 Å². The van der Waals surface area contributed by atoms with E-state index in [1.54, 1.807) is 23.4 Å². The number of tetrazole rings is 1. The third kappa shape index (κ3) is 6.19. The molecule has 41 heavy (non-hydrogen) atoms. The molecule has 0 amide bonds. The van der Waals surface area contributed by atoms with Gasteiger partial charge in [-0.15, -0.1) is 5.10 Å². The molecule has 12 nitrogen and oxygen atoms in total. The maximum atomic E-state index is 6.42. The molecule has 6 rings (SSSR count). The molecule has 0 radical (unpaired) electrons. The van der Waals surface area contributed by atoms with Crippen LogP contribution >= 0.6 is 11.6 Å². The van der Waals surface area contributed by atoms with Gasteiger partial charge in [-0.1, -0.05) is 31.5 Å². The standard InChI is InChI=1S/C28H34ClN9O3/c1-18(2)26-24(16-38(34-26)22-6-8-28(9-7-22)39-10-11-40-28)33-27-30-13-21(14-31-27)20-4-5-23(29)25(12-20)41-19(3)15-37-17-32-35-36-37/h4-5,12-14,16-19,22H,6-11,15H2,1-3H3,(H,30,31,33). The van der Waals surface area contributed by atoms with E-state index in [0.717, 1.165) is 48.2 Å². The molecule has 2 aliphatic rings. The van der Waals surface area contributed by atoms with E-state index in [0.29, 0.717) is 42.5 Å². The van der Waals surface area contributed by atoms with Crippen LogP contribution in [0.5, 0.6) is 5.75 Å². The van der Waals surface area contributed by atoms with Crippen LogP contribution < -0.4 is 10.1 Å². The Bertz CT molecular complexity index is 1440. The minimum atomic E-state index is -0.383. The fraction of sp³-hybridized carbons (Fsp3) is 0.500. The maximum Gasteiger partial charge on any atom is 0.227 e. The summed E-state index contributed by atoms with van der Waals surface area (Å²) in [5.74, 6) is 0.934. The topological polar surface area (TPSA) is 127 Å². The van der Waals surface area contributed by atoms with E-state index < -0.39 is 0 Å². The molecule has 13 heteroatoms. The largest absolute Gasteiger partial charge is 0.487 e. The van der Waals surface area contributed by atoms with Crippen LogP contribution in [-0.4, -0.2) is 65.1 Å². The second-order valence-corrected chi connectivity index (χ2v) is 11.3. The summed E-state index contributed by atoms with van der Waals surface area (Å²) < 4.78 is 21.6. The molecule has 2 fully saturated rings. The SMILES string of the molecule is CC(Cn1cnnn1)Oc1cc(-c2cnc(Nc3cn(C4CCC5(CC4)OCCO5)nc3C(C)C)nc2)ccc1Cl. The molecule has 3 aromatic heterocycles. The first-order chi connectivity index (χ1) is 19.9. The summed E-state index contributed by atoms with van der Waals surface area (Å²) in [6.07, 6.45) is 10.7. The van der Waals surface area contributed by atoms with Gasteiger partial charge < -0.3 is 19.5 Å². The molecule has 1 aliphatic carbocycles. The third-order valence-electron chi connectivity index (χ3n) is 7.54. The first-order valence-corrected chi connectivity index (χ1v) is 14.4. The van der Waals surface area contributed by atoms with Crippen LogP contribution in [0.3, 0.4) is 0 Å². The molecule has 1 aliphatic heterocycles. The van der Waals surface area contributed by atoms with Crippen molar-refractivity contribution in [2.24, 2.45) is 0 Å². The second-order valence-electron chi connectivity index (χ2n) is 10.9. The summed E-state index contributed by atoms with van der Waals surface area (Å²) in [5.41, 5.74) is 3.64. The number of halogens is 1. The van der Waals surface area contributed by atoms with Crippen LogP contribution in [0.2, 0.25) is 5.02 Å². The van der Waals surface area contributed by atoms with Crippen LogP contribution in [0.1, 0.15) is 64.1 Å². The highest BCUT2D eigenvalue weighted by atomic mass is 35.5. The molecule has 0 bridgehead atoms. The quantitative estimate of drug-likeness (QED) is 0.283. The number of hydrogen-bond donors (Lipinski definition) is 1. The number of benzene rings is 1. The van der Waals surface area contributed by atoms with Crippen molar-refractivity contribution < 1.29 is 14.2 Å². The third-order valence-corrected chi connectivity index (χ3v) is 7.85. The van der Waals surface area contributed by atoms with Gasteiger partial charge in [-0.2, -0.15) is 5.10 Å². The highest BCUT2D eigenvalue weighted by molar-refractivity contribution is 6.32. The normalized spacial score (nSPS) is 17.8. The number of anilines is 2. The average Bonchev–Trinajstić information content (AvgIpc) is 3.73. The van der Waals surface area contributed by atoms with Crippen molar-refractivity contribution in [3.63, 3.8) is 0 Å². The minimum absolute atomic E-state index is 0.191. The maximum absolute atomic E-state index is 6.42. The van der Waals surface area contributed by atoms with Crippen LogP contribution in [0.15, 0.2) is 43.1 Å². The van der Waals surface area contributed by atoms with Gasteiger partial charge in [0.25, 0.3) is 0 Å². The lowest BCUT2D eigenvalue weighted by Gasteiger charge is -2.35. The molecule has 1 spiro atoms. The molecule has 1 aromatic carbocycles. The molecule has 4 aromatic rings. The first-order valence-electron chi connectivity index (χ1n) is 14.0. The zero-order chi connectivity index (χ0) is 28.4. The summed E-state index contributed by atoms with van der Waals surface area (Å²) in [6, 6.07) is 5.93. The molecule has 1 N–H and O–H groups in total. The molecular weight excluding hydrogens is 546 g/mol. The van der Waals surface area contributed by atoms with E-state index in [1.807, 2.05) is 25.1 Å². The molecule has 216 valence electrons. The number of nitrogens with one attached hydrogen (secondary N) is 1. The Morgan fingerprint density at radius 2 is 1.85 bits per heavy atom. The number of ether oxygens (including phenoxy) is 3. The highest BCUT2D eigenvalue weighted by Crippen LogP contribution is 2.41. The number of aromatic nitrogens is 8. The van der Waals surface area contributed by atoms with Gasteiger partial charge in [0.05, 0.1) is 42.2 Å². The van der Waals surface area contributed by atoms with Crippen molar-refractivity contribution >= 4 is 23.2 Å². The van der Waals surface area contributed by atoms with Gasteiger partial charge in [0, 0.05) is 37.0 Å². The van der Waals surface area contributed by atoms with E-state index in [9.17, 15) is 0 Å². The molecule has 1 unspecified atom stereocenters. The van der Waals surface area contributed by atoms with E-state index in [2.05, 4.69) is 55.5 Å². The van der Waals surface area contributed by atoms with Gasteiger partial charge in [-0.25, -0.2) is 14.6 Å². The summed E-state index contributed by atoms with van der Waals surface area (Å²) in [5, 5.41) is 20.1. The van der Waals surface area contributed by atoms with Crippen molar-refractivity contribution in [1.82, 2.24) is 40.0 Å². The van der Waals surface area contributed by atoms with E-state index in [1.165, 1.54) is 0 Å². The molecule has 4 heterocycles. The number of rotatable bonds is 9. The Morgan fingerprint density at radius 1 is 1.10 bits per heavy atom. The summed E-state index contributed by atoms with van der Waals surface area (Å²) >= 11 is 6.42. The smallest absolute Gasteiger partial charge is 0.227 e. The fourth-order valence-electron chi connectivity index (χ4n) is 5.42. The molecule has 1 saturated heterocycles. The summed E-state index contributed by atoms with van der Waals surface area (Å²) in [7, 11) is 0. The zero-order valence-electron chi connectivity index (χ0n) is 23.4. The van der Waals surface area contributed by atoms with E-state index in [-0.39, 0.29) is 17.8 Å². The van der Waals surface area contributed by atoms with Crippen LogP contribution in [-0.2, 0) is 16.0 Å². The summed E-state index contributed by atoms with van der Waals surface area (Å²) in [4.78, 5) is 9.18. The van der Waals surface area contributed by atoms with Crippen molar-refractivity contribution in [3.05, 3.63) is 53.8 Å². The predicted octanol–water partition coefficient (Wildman–Crippen LogP) is 5.17. The van der Waals surface area contributed by atoms with Crippen molar-refractivity contribution in [2.45, 2.75) is 76.9 Å². The van der Waals surface area contributed by atoms with E-state index in [4.69, 9.17) is 30.9 Å². The fourth-order valence-corrected chi connectivity index (χ4v) is 5.59. The Morgan fingerprint density at radius 3 is 2.54 bits per heavy atom. The lowest BCUT2D eigenvalue weighted by Crippen LogP contribution is -2.35. The van der Waals surface area contributed by atoms with Gasteiger partial charge in [0.2, 0.25) is 5.95 Å². The average molecular weight is 580 g/mol. The Hall–Kier alpha value is -3.61. The lowest BCUT2D eigenvalue weighted by atomic mass is 9.90. The monoisotopic (exact) mass is 579 g/mol. The Kier molecular flexibility index (Phi) is 7.87. The Balaban J connectivity index is 1.13.